The molecule has 0 aromatic rings. The van der Waals surface area contributed by atoms with Gasteiger partial charge in [0, 0.05) is 26.1 Å². The predicted molar refractivity (Wildman–Crippen MR) is 54.8 cm³/mol. The smallest absolute Gasteiger partial charge is 0.475 e. The van der Waals surface area contributed by atoms with Crippen molar-refractivity contribution in [2.24, 2.45) is 5.73 Å². The van der Waals surface area contributed by atoms with Crippen molar-refractivity contribution in [3.05, 3.63) is 0 Å². The van der Waals surface area contributed by atoms with Crippen LogP contribution in [0.5, 0.6) is 0 Å². The molecule has 106 valence electrons. The highest BCUT2D eigenvalue weighted by molar-refractivity contribution is 5.73. The van der Waals surface area contributed by atoms with E-state index < -0.39 is 12.1 Å². The Kier molecular flexibility index (Phi) is 7.29. The molecule has 1 amide bonds. The molecule has 0 radical (unpaired) electrons. The number of carbonyl (C=O) groups is 2. The lowest BCUT2D eigenvalue weighted by atomic mass is 10.3. The lowest BCUT2D eigenvalue weighted by Gasteiger charge is -2.25. The summed E-state index contributed by atoms with van der Waals surface area (Å²) in [5.74, 6) is -2.98. The third-order valence-electron chi connectivity index (χ3n) is 2.02. The third-order valence-corrected chi connectivity index (χ3v) is 2.02. The summed E-state index contributed by atoms with van der Waals surface area (Å²) < 4.78 is 36.9. The summed E-state index contributed by atoms with van der Waals surface area (Å²) in [5.41, 5.74) is 5.01. The highest BCUT2D eigenvalue weighted by Crippen LogP contribution is 2.13. The van der Waals surface area contributed by atoms with Gasteiger partial charge in [-0.25, -0.2) is 4.79 Å². The van der Waals surface area contributed by atoms with Gasteiger partial charge in [0.05, 0.1) is 13.2 Å². The van der Waals surface area contributed by atoms with Gasteiger partial charge in [-0.05, 0) is 0 Å². The monoisotopic (exact) mass is 272 g/mol. The van der Waals surface area contributed by atoms with Gasteiger partial charge in [0.2, 0.25) is 5.91 Å². The Bertz CT molecular complexity index is 277. The highest BCUT2D eigenvalue weighted by Gasteiger charge is 2.38. The van der Waals surface area contributed by atoms with Gasteiger partial charge >= 0.3 is 12.1 Å². The molecule has 0 aromatic carbocycles. The largest absolute Gasteiger partial charge is 0.490 e. The van der Waals surface area contributed by atoms with Crippen LogP contribution in [0.25, 0.3) is 0 Å². The first kappa shape index (κ1) is 16.6. The van der Waals surface area contributed by atoms with Crippen molar-refractivity contribution in [3.63, 3.8) is 0 Å². The van der Waals surface area contributed by atoms with Gasteiger partial charge in [0.15, 0.2) is 0 Å². The fraction of sp³-hybridized carbons (Fsp3) is 0.778. The van der Waals surface area contributed by atoms with Crippen LogP contribution in [0.4, 0.5) is 13.2 Å². The number of morpholine rings is 1. The van der Waals surface area contributed by atoms with E-state index in [1.54, 1.807) is 0 Å². The zero-order chi connectivity index (χ0) is 14.2. The number of aliphatic carboxylic acids is 1. The van der Waals surface area contributed by atoms with Crippen LogP contribution >= 0.6 is 0 Å². The van der Waals surface area contributed by atoms with Crippen LogP contribution in [0.3, 0.4) is 0 Å². The maximum absolute atomic E-state index is 10.6. The van der Waals surface area contributed by atoms with E-state index in [1.807, 2.05) is 0 Å². The number of amides is 1. The fourth-order valence-corrected chi connectivity index (χ4v) is 1.09. The Morgan fingerprint density at radius 1 is 1.28 bits per heavy atom. The minimum atomic E-state index is -5.08. The number of hydrogen-bond acceptors (Lipinski definition) is 4. The van der Waals surface area contributed by atoms with Gasteiger partial charge in [-0.2, -0.15) is 13.2 Å². The van der Waals surface area contributed by atoms with E-state index in [4.69, 9.17) is 20.4 Å². The van der Waals surface area contributed by atoms with Crippen molar-refractivity contribution in [2.75, 3.05) is 32.8 Å². The van der Waals surface area contributed by atoms with E-state index in [-0.39, 0.29) is 5.91 Å². The van der Waals surface area contributed by atoms with Crippen molar-refractivity contribution >= 4 is 11.9 Å². The summed E-state index contributed by atoms with van der Waals surface area (Å²) in [6, 6.07) is 0. The van der Waals surface area contributed by atoms with E-state index in [2.05, 4.69) is 4.90 Å². The second kappa shape index (κ2) is 7.88. The van der Waals surface area contributed by atoms with Crippen LogP contribution in [0, 0.1) is 0 Å². The number of ether oxygens (including phenoxy) is 1. The van der Waals surface area contributed by atoms with Gasteiger partial charge < -0.3 is 15.6 Å². The lowest BCUT2D eigenvalue weighted by Crippen LogP contribution is -2.38. The quantitative estimate of drug-likeness (QED) is 0.744. The molecule has 1 fully saturated rings. The van der Waals surface area contributed by atoms with Crippen molar-refractivity contribution < 1.29 is 32.6 Å². The molecular weight excluding hydrogens is 257 g/mol. The number of carbonyl (C=O) groups excluding carboxylic acids is 1. The average molecular weight is 272 g/mol. The summed E-state index contributed by atoms with van der Waals surface area (Å²) in [6.07, 6.45) is -4.63. The van der Waals surface area contributed by atoms with Crippen LogP contribution in [0.1, 0.15) is 6.42 Å². The molecule has 0 bridgehead atoms. The van der Waals surface area contributed by atoms with E-state index in [0.29, 0.717) is 6.42 Å². The number of primary amides is 1. The number of carboxylic acids is 1. The van der Waals surface area contributed by atoms with E-state index in [1.165, 1.54) is 0 Å². The molecule has 6 nitrogen and oxygen atoms in total. The topological polar surface area (TPSA) is 92.9 Å². The SMILES string of the molecule is NC(=O)CCN1CCOCC1.O=C(O)C(F)(F)F. The Balaban J connectivity index is 0.000000360. The van der Waals surface area contributed by atoms with Crippen LogP contribution in [0.15, 0.2) is 0 Å². The zero-order valence-corrected chi connectivity index (χ0v) is 9.57. The fourth-order valence-electron chi connectivity index (χ4n) is 1.09. The number of carboxylic acid groups (broad SMARTS) is 1. The highest BCUT2D eigenvalue weighted by atomic mass is 19.4. The Labute approximate surface area is 101 Å². The molecule has 0 aliphatic carbocycles. The average Bonchev–Trinajstić information content (AvgIpc) is 2.27. The van der Waals surface area contributed by atoms with Gasteiger partial charge in [-0.1, -0.05) is 0 Å². The molecule has 0 saturated carbocycles. The molecule has 0 unspecified atom stereocenters. The van der Waals surface area contributed by atoms with Crippen molar-refractivity contribution in [3.8, 4) is 0 Å². The molecule has 9 heteroatoms. The molecule has 1 aliphatic heterocycles. The number of hydrogen-bond donors (Lipinski definition) is 2. The van der Waals surface area contributed by atoms with E-state index in [9.17, 15) is 18.0 Å². The number of nitrogens with zero attached hydrogens (tertiary/aromatic N) is 1. The van der Waals surface area contributed by atoms with E-state index >= 15 is 0 Å². The van der Waals surface area contributed by atoms with Crippen molar-refractivity contribution in [1.82, 2.24) is 4.90 Å². The number of nitrogens with two attached hydrogens (primary N) is 1. The molecule has 1 saturated heterocycles. The Morgan fingerprint density at radius 2 is 1.72 bits per heavy atom. The number of alkyl halides is 3. The molecular formula is C9H15F3N2O4. The second-order valence-electron chi connectivity index (χ2n) is 3.47. The first-order chi connectivity index (χ1) is 8.23. The predicted octanol–water partition coefficient (Wildman–Crippen LogP) is -0.173. The first-order valence-electron chi connectivity index (χ1n) is 5.12. The minimum Gasteiger partial charge on any atom is -0.475 e. The molecule has 0 atom stereocenters. The molecule has 18 heavy (non-hydrogen) atoms. The molecule has 3 N–H and O–H groups in total. The Morgan fingerprint density at radius 3 is 2.06 bits per heavy atom. The van der Waals surface area contributed by atoms with Crippen molar-refractivity contribution in [1.29, 1.82) is 0 Å². The standard InChI is InChI=1S/C7H14N2O2.C2HF3O2/c8-7(10)1-2-9-3-5-11-6-4-9;3-2(4,5)1(6)7/h1-6H2,(H2,8,10);(H,6,7). The normalized spacial score (nSPS) is 16.6. The van der Waals surface area contributed by atoms with E-state index in [0.717, 1.165) is 32.8 Å². The molecule has 1 rings (SSSR count). The molecule has 0 spiro atoms. The summed E-state index contributed by atoms with van der Waals surface area (Å²) >= 11 is 0. The Hall–Kier alpha value is -1.35. The lowest BCUT2D eigenvalue weighted by molar-refractivity contribution is -0.192. The van der Waals surface area contributed by atoms with Crippen molar-refractivity contribution in [2.45, 2.75) is 12.6 Å². The molecule has 1 heterocycles. The maximum Gasteiger partial charge on any atom is 0.490 e. The summed E-state index contributed by atoms with van der Waals surface area (Å²) in [6.45, 7) is 4.18. The first-order valence-corrected chi connectivity index (χ1v) is 5.12. The maximum atomic E-state index is 10.6. The van der Waals surface area contributed by atoms with Crippen LogP contribution in [-0.2, 0) is 14.3 Å². The second-order valence-corrected chi connectivity index (χ2v) is 3.47. The minimum absolute atomic E-state index is 0.225. The number of halogens is 3. The third kappa shape index (κ3) is 8.76. The van der Waals surface area contributed by atoms with Crippen LogP contribution in [-0.4, -0.2) is 60.9 Å². The summed E-state index contributed by atoms with van der Waals surface area (Å²) in [5, 5.41) is 7.12. The van der Waals surface area contributed by atoms with Gasteiger partial charge in [-0.15, -0.1) is 0 Å². The zero-order valence-electron chi connectivity index (χ0n) is 9.57. The molecule has 0 aromatic heterocycles. The molecule has 1 aliphatic rings. The number of rotatable bonds is 3. The van der Waals surface area contributed by atoms with Crippen LogP contribution < -0.4 is 5.73 Å². The van der Waals surface area contributed by atoms with Gasteiger partial charge in [0.1, 0.15) is 0 Å². The summed E-state index contributed by atoms with van der Waals surface area (Å²) in [7, 11) is 0. The summed E-state index contributed by atoms with van der Waals surface area (Å²) in [4.78, 5) is 21.5. The van der Waals surface area contributed by atoms with Gasteiger partial charge in [-0.3, -0.25) is 9.69 Å². The van der Waals surface area contributed by atoms with Crippen LogP contribution in [0.2, 0.25) is 0 Å². The van der Waals surface area contributed by atoms with Gasteiger partial charge in [0.25, 0.3) is 0 Å².